The molecule has 2 heterocycles. The summed E-state index contributed by atoms with van der Waals surface area (Å²) in [6.07, 6.45) is 10.2. The standard InChI is InChI=1S/C25H29N3O.C11H17N.2C2H6/c1-5-16(2)20-9-10-23(17(3)13-20)28-25-21(14-19-11-12-26-15-19)7-6-8-22(25)24(27-28)18(4)29;1-9(8-12)10(2)11-6-4-3-5-7-11;2*1-2/h9-16,26H,5-8H2,1-4H3;3-7,9-10H,8,12H2,1-2H3;2*1-2H3/b21-14+;;;/t;9?,10-;;/m.0../s1. The summed E-state index contributed by atoms with van der Waals surface area (Å²) in [5.74, 6) is 1.70. The maximum Gasteiger partial charge on any atom is 0.180 e. The van der Waals surface area contributed by atoms with Crippen molar-refractivity contribution in [2.45, 2.75) is 107 Å². The number of rotatable bonds is 8. The van der Waals surface area contributed by atoms with Crippen LogP contribution in [-0.4, -0.2) is 27.1 Å². The van der Waals surface area contributed by atoms with Crippen LogP contribution in [-0.2, 0) is 6.42 Å². The van der Waals surface area contributed by atoms with Gasteiger partial charge >= 0.3 is 0 Å². The predicted molar refractivity (Wildman–Crippen MR) is 194 cm³/mol. The number of carbonyl (C=O) groups is 1. The molecule has 0 amide bonds. The number of allylic oxidation sites excluding steroid dienone is 1. The highest BCUT2D eigenvalue weighted by Gasteiger charge is 2.27. The number of carbonyl (C=O) groups excluding carboxylic acids is 1. The highest BCUT2D eigenvalue weighted by Crippen LogP contribution is 2.37. The number of nitrogens with one attached hydrogen (secondary N) is 1. The summed E-state index contributed by atoms with van der Waals surface area (Å²) in [7, 11) is 0. The Hall–Kier alpha value is -3.70. The average molecular weight is 611 g/mol. The first-order valence-corrected chi connectivity index (χ1v) is 17.1. The van der Waals surface area contributed by atoms with Crippen LogP contribution in [0.1, 0.15) is 137 Å². The lowest BCUT2D eigenvalue weighted by Crippen LogP contribution is -2.16. The van der Waals surface area contributed by atoms with Gasteiger partial charge in [0.2, 0.25) is 0 Å². The number of aromatic amines is 1. The molecular formula is C40H58N4O. The lowest BCUT2D eigenvalue weighted by atomic mass is 9.89. The van der Waals surface area contributed by atoms with Crippen LogP contribution in [0.5, 0.6) is 0 Å². The number of ketones is 1. The number of fused-ring (bicyclic) bond motifs is 1. The molecule has 0 bridgehead atoms. The Kier molecular flexibility index (Phi) is 15.8. The molecule has 3 atom stereocenters. The third kappa shape index (κ3) is 9.64. The minimum atomic E-state index is 0.0387. The van der Waals surface area contributed by atoms with Crippen molar-refractivity contribution in [3.05, 3.63) is 106 Å². The molecule has 0 radical (unpaired) electrons. The average Bonchev–Trinajstić information content (AvgIpc) is 3.75. The molecule has 0 fully saturated rings. The van der Waals surface area contributed by atoms with Crippen LogP contribution in [0, 0.1) is 12.8 Å². The van der Waals surface area contributed by atoms with Gasteiger partial charge in [-0.15, -0.1) is 0 Å². The van der Waals surface area contributed by atoms with E-state index < -0.39 is 0 Å². The number of hydrogen-bond donors (Lipinski definition) is 2. The quantitative estimate of drug-likeness (QED) is 0.195. The second-order valence-electron chi connectivity index (χ2n) is 11.6. The molecular weight excluding hydrogens is 552 g/mol. The van der Waals surface area contributed by atoms with Gasteiger partial charge in [0.1, 0.15) is 5.69 Å². The number of H-pyrrole nitrogens is 1. The maximum atomic E-state index is 12.4. The second-order valence-corrected chi connectivity index (χ2v) is 11.6. The minimum absolute atomic E-state index is 0.0387. The summed E-state index contributed by atoms with van der Waals surface area (Å²) in [6.45, 7) is 21.4. The maximum absolute atomic E-state index is 12.4. The van der Waals surface area contributed by atoms with E-state index in [0.29, 0.717) is 23.4 Å². The third-order valence-corrected chi connectivity index (χ3v) is 8.64. The zero-order valence-corrected chi connectivity index (χ0v) is 29.6. The third-order valence-electron chi connectivity index (χ3n) is 8.64. The van der Waals surface area contributed by atoms with Gasteiger partial charge in [-0.3, -0.25) is 4.79 Å². The summed E-state index contributed by atoms with van der Waals surface area (Å²) >= 11 is 0. The zero-order valence-electron chi connectivity index (χ0n) is 29.6. The molecule has 1 aliphatic carbocycles. The second kappa shape index (κ2) is 19.0. The van der Waals surface area contributed by atoms with E-state index in [4.69, 9.17) is 10.8 Å². The largest absolute Gasteiger partial charge is 0.367 e. The van der Waals surface area contributed by atoms with Crippen molar-refractivity contribution in [2.24, 2.45) is 11.7 Å². The van der Waals surface area contributed by atoms with E-state index in [1.54, 1.807) is 6.92 Å². The topological polar surface area (TPSA) is 76.7 Å². The zero-order chi connectivity index (χ0) is 33.5. The Labute approximate surface area is 273 Å². The summed E-state index contributed by atoms with van der Waals surface area (Å²) in [5, 5.41) is 4.82. The fourth-order valence-corrected chi connectivity index (χ4v) is 5.56. The molecule has 2 aromatic heterocycles. The highest BCUT2D eigenvalue weighted by molar-refractivity contribution is 5.96. The number of aromatic nitrogens is 3. The lowest BCUT2D eigenvalue weighted by Gasteiger charge is -2.20. The molecule has 0 saturated heterocycles. The van der Waals surface area contributed by atoms with Crippen LogP contribution in [0.25, 0.3) is 17.3 Å². The first kappa shape index (κ1) is 37.5. The van der Waals surface area contributed by atoms with E-state index in [-0.39, 0.29) is 5.78 Å². The molecule has 5 nitrogen and oxygen atoms in total. The van der Waals surface area contributed by atoms with Gasteiger partial charge in [0.25, 0.3) is 0 Å². The van der Waals surface area contributed by atoms with Crippen LogP contribution in [0.4, 0.5) is 0 Å². The Morgan fingerprint density at radius 2 is 1.69 bits per heavy atom. The molecule has 0 aliphatic heterocycles. The summed E-state index contributed by atoms with van der Waals surface area (Å²) in [5.41, 5.74) is 15.8. The number of Topliss-reactive ketones (excluding diaryl/α,β-unsaturated/α-hetero) is 1. The molecule has 45 heavy (non-hydrogen) atoms. The van der Waals surface area contributed by atoms with Crippen LogP contribution in [0.2, 0.25) is 0 Å². The minimum Gasteiger partial charge on any atom is -0.367 e. The van der Waals surface area contributed by atoms with Crippen LogP contribution in [0.15, 0.2) is 67.0 Å². The van der Waals surface area contributed by atoms with Gasteiger partial charge in [-0.1, -0.05) is 97.9 Å². The van der Waals surface area contributed by atoms with Crippen molar-refractivity contribution >= 4 is 17.4 Å². The van der Waals surface area contributed by atoms with Crippen LogP contribution in [0.3, 0.4) is 0 Å². The normalized spacial score (nSPS) is 14.8. The van der Waals surface area contributed by atoms with E-state index in [9.17, 15) is 4.79 Å². The molecule has 0 saturated carbocycles. The van der Waals surface area contributed by atoms with Gasteiger partial charge in [-0.2, -0.15) is 5.10 Å². The SMILES string of the molecule is CC.CC.CC(CN)[C@H](C)c1ccccc1.CCC(C)c1ccc(-n2nc(C(C)=O)c3c2/C(=C/c2cc[nH]c2)CCC3)c(C)c1. The molecule has 1 aliphatic rings. The van der Waals surface area contributed by atoms with Gasteiger partial charge in [-0.05, 0) is 103 Å². The first-order valence-electron chi connectivity index (χ1n) is 17.1. The Morgan fingerprint density at radius 3 is 2.24 bits per heavy atom. The number of aryl methyl sites for hydroxylation is 1. The van der Waals surface area contributed by atoms with Crippen molar-refractivity contribution in [2.75, 3.05) is 6.54 Å². The van der Waals surface area contributed by atoms with Crippen molar-refractivity contribution in [3.63, 3.8) is 0 Å². The molecule has 2 aromatic carbocycles. The number of nitrogens with zero attached hydrogens (tertiary/aromatic N) is 2. The molecule has 5 rings (SSSR count). The Bertz CT molecular complexity index is 1460. The lowest BCUT2D eigenvalue weighted by molar-refractivity contribution is 0.101. The van der Waals surface area contributed by atoms with Gasteiger partial charge < -0.3 is 10.7 Å². The number of nitrogens with two attached hydrogens (primary N) is 1. The van der Waals surface area contributed by atoms with Crippen LogP contribution < -0.4 is 5.73 Å². The molecule has 2 unspecified atom stereocenters. The molecule has 0 spiro atoms. The van der Waals surface area contributed by atoms with E-state index >= 15 is 0 Å². The monoisotopic (exact) mass is 610 g/mol. The molecule has 5 heteroatoms. The number of benzene rings is 2. The Morgan fingerprint density at radius 1 is 1.00 bits per heavy atom. The highest BCUT2D eigenvalue weighted by atomic mass is 16.1. The van der Waals surface area contributed by atoms with Crippen molar-refractivity contribution in [3.8, 4) is 5.69 Å². The summed E-state index contributed by atoms with van der Waals surface area (Å²) in [4.78, 5) is 15.5. The van der Waals surface area contributed by atoms with E-state index in [0.717, 1.165) is 54.7 Å². The predicted octanol–water partition coefficient (Wildman–Crippen LogP) is 10.5. The van der Waals surface area contributed by atoms with Gasteiger partial charge in [0, 0.05) is 24.9 Å². The fraction of sp³-hybridized carbons (Fsp3) is 0.450. The molecule has 4 aromatic rings. The summed E-state index contributed by atoms with van der Waals surface area (Å²) < 4.78 is 2.01. The van der Waals surface area contributed by atoms with Gasteiger partial charge in [0.05, 0.1) is 11.4 Å². The van der Waals surface area contributed by atoms with Crippen molar-refractivity contribution in [1.29, 1.82) is 0 Å². The smallest absolute Gasteiger partial charge is 0.180 e. The van der Waals surface area contributed by atoms with Crippen molar-refractivity contribution in [1.82, 2.24) is 14.8 Å². The van der Waals surface area contributed by atoms with E-state index in [1.165, 1.54) is 22.3 Å². The Balaban J connectivity index is 0.000000370. The van der Waals surface area contributed by atoms with Crippen molar-refractivity contribution < 1.29 is 4.79 Å². The fourth-order valence-electron chi connectivity index (χ4n) is 5.56. The number of hydrogen-bond acceptors (Lipinski definition) is 3. The summed E-state index contributed by atoms with van der Waals surface area (Å²) in [6, 6.07) is 19.2. The van der Waals surface area contributed by atoms with Gasteiger partial charge in [0.15, 0.2) is 5.78 Å². The van der Waals surface area contributed by atoms with Crippen LogP contribution >= 0.6 is 0 Å². The molecule has 244 valence electrons. The first-order chi connectivity index (χ1) is 21.7. The molecule has 3 N–H and O–H groups in total. The van der Waals surface area contributed by atoms with E-state index in [2.05, 4.69) is 94.2 Å². The van der Waals surface area contributed by atoms with Gasteiger partial charge in [-0.25, -0.2) is 4.68 Å². The van der Waals surface area contributed by atoms with E-state index in [1.807, 2.05) is 50.8 Å².